The molecule has 1 fully saturated rings. The molecule has 0 N–H and O–H groups in total. The molecule has 0 amide bonds. The first-order valence-corrected chi connectivity index (χ1v) is 7.83. The summed E-state index contributed by atoms with van der Waals surface area (Å²) in [5.41, 5.74) is 0.346. The van der Waals surface area contributed by atoms with Crippen molar-refractivity contribution in [1.82, 2.24) is 0 Å². The van der Waals surface area contributed by atoms with E-state index in [-0.39, 0.29) is 5.78 Å². The number of carbonyl (C=O) groups excluding carboxylic acids is 2. The Morgan fingerprint density at radius 2 is 1.73 bits per heavy atom. The van der Waals surface area contributed by atoms with Gasteiger partial charge in [0.05, 0.1) is 0 Å². The van der Waals surface area contributed by atoms with E-state index in [1.54, 1.807) is 24.3 Å². The molecule has 0 radical (unpaired) electrons. The Morgan fingerprint density at radius 1 is 1.05 bits per heavy atom. The molecule has 0 unspecified atom stereocenters. The van der Waals surface area contributed by atoms with Crippen molar-refractivity contribution < 1.29 is 19.1 Å². The maximum absolute atomic E-state index is 12.8. The molecule has 0 bridgehead atoms. The van der Waals surface area contributed by atoms with E-state index in [1.165, 1.54) is 0 Å². The van der Waals surface area contributed by atoms with E-state index in [0.717, 1.165) is 18.4 Å². The van der Waals surface area contributed by atoms with E-state index in [2.05, 4.69) is 0 Å². The summed E-state index contributed by atoms with van der Waals surface area (Å²) in [6.07, 6.45) is 6.06. The van der Waals surface area contributed by atoms with Crippen LogP contribution in [0.15, 0.2) is 30.3 Å². The Labute approximate surface area is 130 Å². The lowest BCUT2D eigenvalue weighted by molar-refractivity contribution is -0.148. The molecular weight excluding hydrogens is 280 g/mol. The molecule has 1 aliphatic heterocycles. The molecular formula is C18H20O4. The van der Waals surface area contributed by atoms with Crippen molar-refractivity contribution in [3.05, 3.63) is 41.5 Å². The monoisotopic (exact) mass is 300 g/mol. The zero-order valence-electron chi connectivity index (χ0n) is 12.9. The van der Waals surface area contributed by atoms with E-state index in [9.17, 15) is 9.59 Å². The van der Waals surface area contributed by atoms with Gasteiger partial charge in [0, 0.05) is 5.56 Å². The Kier molecular flexibility index (Phi) is 3.65. The number of benzene rings is 1. The van der Waals surface area contributed by atoms with Gasteiger partial charge < -0.3 is 9.47 Å². The number of carbonyl (C=O) groups is 2. The number of hydrogen-bond acceptors (Lipinski definition) is 4. The molecule has 1 saturated heterocycles. The fourth-order valence-corrected chi connectivity index (χ4v) is 3.30. The number of ketones is 1. The van der Waals surface area contributed by atoms with Crippen LogP contribution in [0.3, 0.4) is 0 Å². The number of Topliss-reactive ketones (excluding diaryl/α,β-unsaturated/α-hetero) is 1. The normalized spacial score (nSPS) is 25.4. The van der Waals surface area contributed by atoms with Gasteiger partial charge in [-0.1, -0.05) is 57.0 Å². The third kappa shape index (κ3) is 2.10. The number of hydrogen-bond donors (Lipinski definition) is 0. The molecule has 4 nitrogen and oxygen atoms in total. The Bertz CT molecular complexity index is 640. The predicted octanol–water partition coefficient (Wildman–Crippen LogP) is 3.50. The van der Waals surface area contributed by atoms with Crippen LogP contribution < -0.4 is 0 Å². The average molecular weight is 300 g/mol. The maximum Gasteiger partial charge on any atom is 0.341 e. The first-order valence-electron chi connectivity index (χ1n) is 7.83. The van der Waals surface area contributed by atoms with Gasteiger partial charge in [0.15, 0.2) is 5.60 Å². The Balaban J connectivity index is 2.00. The summed E-state index contributed by atoms with van der Waals surface area (Å²) in [7, 11) is 0. The highest BCUT2D eigenvalue weighted by molar-refractivity contribution is 6.10. The SMILES string of the molecule is CCCC1(CCC)O[C@@]2(C=Cc3ccccc3C2=O)OC1=O. The van der Waals surface area contributed by atoms with Crippen molar-refractivity contribution in [2.24, 2.45) is 0 Å². The molecule has 3 rings (SSSR count). The third-order valence-corrected chi connectivity index (χ3v) is 4.28. The number of rotatable bonds is 4. The fraction of sp³-hybridized carbons (Fsp3) is 0.444. The number of fused-ring (bicyclic) bond motifs is 1. The van der Waals surface area contributed by atoms with Gasteiger partial charge in [-0.15, -0.1) is 0 Å². The lowest BCUT2D eigenvalue weighted by Crippen LogP contribution is -2.43. The van der Waals surface area contributed by atoms with Crippen LogP contribution in [0.2, 0.25) is 0 Å². The van der Waals surface area contributed by atoms with Crippen LogP contribution in [0.4, 0.5) is 0 Å². The molecule has 22 heavy (non-hydrogen) atoms. The summed E-state index contributed by atoms with van der Waals surface area (Å²) in [4.78, 5) is 25.3. The molecule has 1 aromatic carbocycles. The highest BCUT2D eigenvalue weighted by Crippen LogP contribution is 2.43. The largest absolute Gasteiger partial charge is 0.419 e. The van der Waals surface area contributed by atoms with Crippen LogP contribution in [0.1, 0.15) is 55.5 Å². The molecule has 1 spiro atoms. The summed E-state index contributed by atoms with van der Waals surface area (Å²) in [5.74, 6) is -2.31. The van der Waals surface area contributed by atoms with Gasteiger partial charge in [0.25, 0.3) is 5.79 Å². The fourth-order valence-electron chi connectivity index (χ4n) is 3.30. The Morgan fingerprint density at radius 3 is 2.41 bits per heavy atom. The molecule has 116 valence electrons. The minimum Gasteiger partial charge on any atom is -0.419 e. The summed E-state index contributed by atoms with van der Waals surface area (Å²) in [6, 6.07) is 7.26. The maximum atomic E-state index is 12.8. The molecule has 1 aliphatic carbocycles. The van der Waals surface area contributed by atoms with Gasteiger partial charge in [-0.2, -0.15) is 0 Å². The third-order valence-electron chi connectivity index (χ3n) is 4.28. The second-order valence-electron chi connectivity index (χ2n) is 5.90. The zero-order chi connectivity index (χ0) is 15.8. The van der Waals surface area contributed by atoms with E-state index >= 15 is 0 Å². The molecule has 0 saturated carbocycles. The van der Waals surface area contributed by atoms with Crippen molar-refractivity contribution in [2.45, 2.75) is 50.9 Å². The minimum atomic E-state index is -1.59. The first kappa shape index (κ1) is 15.0. The van der Waals surface area contributed by atoms with Gasteiger partial charge in [0.1, 0.15) is 0 Å². The van der Waals surface area contributed by atoms with Gasteiger partial charge in [-0.25, -0.2) is 4.79 Å². The van der Waals surface area contributed by atoms with Crippen molar-refractivity contribution in [1.29, 1.82) is 0 Å². The van der Waals surface area contributed by atoms with Crippen molar-refractivity contribution >= 4 is 17.8 Å². The molecule has 1 heterocycles. The smallest absolute Gasteiger partial charge is 0.341 e. The second kappa shape index (κ2) is 5.36. The highest BCUT2D eigenvalue weighted by atomic mass is 16.8. The summed E-state index contributed by atoms with van der Waals surface area (Å²) in [6.45, 7) is 3.99. The Hall–Kier alpha value is -1.94. The molecule has 4 heteroatoms. The van der Waals surface area contributed by atoms with Crippen LogP contribution in [0.5, 0.6) is 0 Å². The molecule has 0 aromatic heterocycles. The molecule has 1 atom stereocenters. The summed E-state index contributed by atoms with van der Waals surface area (Å²) in [5, 5.41) is 0. The van der Waals surface area contributed by atoms with Crippen LogP contribution in [0.25, 0.3) is 6.08 Å². The van der Waals surface area contributed by atoms with Crippen LogP contribution in [-0.4, -0.2) is 23.1 Å². The van der Waals surface area contributed by atoms with Crippen molar-refractivity contribution in [3.8, 4) is 0 Å². The van der Waals surface area contributed by atoms with Crippen molar-refractivity contribution in [2.75, 3.05) is 0 Å². The van der Waals surface area contributed by atoms with E-state index in [1.807, 2.05) is 26.0 Å². The van der Waals surface area contributed by atoms with Crippen molar-refractivity contribution in [3.63, 3.8) is 0 Å². The predicted molar refractivity (Wildman–Crippen MR) is 82.3 cm³/mol. The summed E-state index contributed by atoms with van der Waals surface area (Å²) < 4.78 is 11.5. The van der Waals surface area contributed by atoms with E-state index in [0.29, 0.717) is 18.4 Å². The van der Waals surface area contributed by atoms with E-state index < -0.39 is 17.4 Å². The van der Waals surface area contributed by atoms with Crippen LogP contribution in [0, 0.1) is 0 Å². The van der Waals surface area contributed by atoms with Crippen LogP contribution in [-0.2, 0) is 14.3 Å². The van der Waals surface area contributed by atoms with Gasteiger partial charge in [0.2, 0.25) is 5.78 Å². The van der Waals surface area contributed by atoms with Gasteiger partial charge in [-0.3, -0.25) is 4.79 Å². The first-order chi connectivity index (χ1) is 10.6. The average Bonchev–Trinajstić information content (AvgIpc) is 2.78. The van der Waals surface area contributed by atoms with Crippen LogP contribution >= 0.6 is 0 Å². The minimum absolute atomic E-state index is 0.298. The highest BCUT2D eigenvalue weighted by Gasteiger charge is 2.60. The molecule has 2 aliphatic rings. The van der Waals surface area contributed by atoms with Gasteiger partial charge >= 0.3 is 5.97 Å². The summed E-state index contributed by atoms with van der Waals surface area (Å²) >= 11 is 0. The second-order valence-corrected chi connectivity index (χ2v) is 5.90. The van der Waals surface area contributed by atoms with Gasteiger partial charge in [-0.05, 0) is 24.5 Å². The quantitative estimate of drug-likeness (QED) is 0.799. The van der Waals surface area contributed by atoms with E-state index in [4.69, 9.17) is 9.47 Å². The molecule has 1 aromatic rings. The topological polar surface area (TPSA) is 52.6 Å². The zero-order valence-corrected chi connectivity index (χ0v) is 12.9. The standard InChI is InChI=1S/C18H20O4/c1-3-10-17(11-4-2)16(20)21-18(22-17)12-9-13-7-5-6-8-14(13)15(18)19/h5-9,12H,3-4,10-11H2,1-2H3/t18-/m1/s1. The number of ether oxygens (including phenoxy) is 2. The number of esters is 1. The lowest BCUT2D eigenvalue weighted by Gasteiger charge is -2.29. The lowest BCUT2D eigenvalue weighted by atomic mass is 9.90.